The SMILES string of the molecule is Nc1cc(Cl)cc(Cl)c1NC(=O)CSc1ccncc1. The van der Waals surface area contributed by atoms with E-state index < -0.39 is 0 Å². The summed E-state index contributed by atoms with van der Waals surface area (Å²) >= 11 is 13.2. The van der Waals surface area contributed by atoms with Gasteiger partial charge in [0, 0.05) is 22.3 Å². The van der Waals surface area contributed by atoms with Gasteiger partial charge in [-0.15, -0.1) is 11.8 Å². The van der Waals surface area contributed by atoms with Gasteiger partial charge in [0.1, 0.15) is 0 Å². The first kappa shape index (κ1) is 15.0. The molecular weight excluding hydrogens is 317 g/mol. The summed E-state index contributed by atoms with van der Waals surface area (Å²) in [6, 6.07) is 6.74. The van der Waals surface area contributed by atoms with Gasteiger partial charge in [0.2, 0.25) is 5.91 Å². The number of hydrogen-bond donors (Lipinski definition) is 2. The Balaban J connectivity index is 1.98. The van der Waals surface area contributed by atoms with Crippen LogP contribution in [0.5, 0.6) is 0 Å². The molecule has 2 rings (SSSR count). The van der Waals surface area contributed by atoms with Crippen molar-refractivity contribution < 1.29 is 4.79 Å². The van der Waals surface area contributed by atoms with Crippen molar-refractivity contribution >= 4 is 52.2 Å². The van der Waals surface area contributed by atoms with Crippen molar-refractivity contribution in [3.05, 3.63) is 46.7 Å². The number of amides is 1. The molecule has 2 aromatic rings. The Kier molecular flexibility index (Phi) is 5.11. The minimum absolute atomic E-state index is 0.192. The van der Waals surface area contributed by atoms with Gasteiger partial charge >= 0.3 is 0 Å². The van der Waals surface area contributed by atoms with Gasteiger partial charge in [-0.3, -0.25) is 9.78 Å². The number of carbonyl (C=O) groups is 1. The van der Waals surface area contributed by atoms with Gasteiger partial charge in [0.05, 0.1) is 22.2 Å². The molecule has 7 heteroatoms. The van der Waals surface area contributed by atoms with Crippen LogP contribution in [-0.4, -0.2) is 16.6 Å². The molecule has 20 heavy (non-hydrogen) atoms. The fourth-order valence-electron chi connectivity index (χ4n) is 1.48. The van der Waals surface area contributed by atoms with Crippen molar-refractivity contribution in [3.63, 3.8) is 0 Å². The van der Waals surface area contributed by atoms with Crippen LogP contribution in [0.4, 0.5) is 11.4 Å². The topological polar surface area (TPSA) is 68.0 Å². The Labute approximate surface area is 130 Å². The minimum Gasteiger partial charge on any atom is -0.397 e. The number of nitrogen functional groups attached to an aromatic ring is 1. The lowest BCUT2D eigenvalue weighted by Crippen LogP contribution is -2.15. The molecule has 0 saturated carbocycles. The molecule has 0 fully saturated rings. The second kappa shape index (κ2) is 6.83. The first-order chi connectivity index (χ1) is 9.56. The first-order valence-corrected chi connectivity index (χ1v) is 7.37. The van der Waals surface area contributed by atoms with Crippen LogP contribution in [0.15, 0.2) is 41.6 Å². The maximum atomic E-state index is 11.9. The van der Waals surface area contributed by atoms with Gasteiger partial charge in [0.15, 0.2) is 0 Å². The molecule has 1 amide bonds. The van der Waals surface area contributed by atoms with E-state index in [0.717, 1.165) is 4.90 Å². The molecule has 3 N–H and O–H groups in total. The molecule has 1 heterocycles. The smallest absolute Gasteiger partial charge is 0.234 e. The summed E-state index contributed by atoms with van der Waals surface area (Å²) in [5, 5.41) is 3.43. The Morgan fingerprint density at radius 1 is 1.30 bits per heavy atom. The van der Waals surface area contributed by atoms with Crippen LogP contribution in [0, 0.1) is 0 Å². The van der Waals surface area contributed by atoms with Crippen molar-refractivity contribution in [1.29, 1.82) is 0 Å². The van der Waals surface area contributed by atoms with Crippen molar-refractivity contribution in [3.8, 4) is 0 Å². The number of carbonyl (C=O) groups excluding carboxylic acids is 1. The average Bonchev–Trinajstić information content (AvgIpc) is 2.42. The molecule has 0 aliphatic heterocycles. The summed E-state index contributed by atoms with van der Waals surface area (Å²) in [5.74, 6) is 0.0605. The predicted octanol–water partition coefficient (Wildman–Crippen LogP) is 3.70. The Bertz CT molecular complexity index is 599. The third-order valence-corrected chi connectivity index (χ3v) is 3.90. The van der Waals surface area contributed by atoms with Crippen molar-refractivity contribution in [1.82, 2.24) is 4.98 Å². The first-order valence-electron chi connectivity index (χ1n) is 5.63. The molecule has 0 spiro atoms. The summed E-state index contributed by atoms with van der Waals surface area (Å²) in [5.41, 5.74) is 6.50. The largest absolute Gasteiger partial charge is 0.397 e. The summed E-state index contributed by atoms with van der Waals surface area (Å²) < 4.78 is 0. The third-order valence-electron chi connectivity index (χ3n) is 2.37. The van der Waals surface area contributed by atoms with E-state index in [1.807, 2.05) is 12.1 Å². The number of aromatic nitrogens is 1. The van der Waals surface area contributed by atoms with Gasteiger partial charge in [-0.1, -0.05) is 23.2 Å². The second-order valence-electron chi connectivity index (χ2n) is 3.87. The Morgan fingerprint density at radius 3 is 2.65 bits per heavy atom. The molecule has 1 aromatic carbocycles. The number of nitrogens with two attached hydrogens (primary N) is 1. The van der Waals surface area contributed by atoms with Crippen molar-refractivity contribution in [2.24, 2.45) is 0 Å². The lowest BCUT2D eigenvalue weighted by Gasteiger charge is -2.10. The summed E-state index contributed by atoms with van der Waals surface area (Å²) in [6.45, 7) is 0. The molecule has 0 bridgehead atoms. The number of nitrogens with one attached hydrogen (secondary N) is 1. The highest BCUT2D eigenvalue weighted by molar-refractivity contribution is 8.00. The number of pyridine rings is 1. The molecule has 0 atom stereocenters. The van der Waals surface area contributed by atoms with E-state index in [9.17, 15) is 4.79 Å². The molecule has 0 aliphatic rings. The van der Waals surface area contributed by atoms with Crippen LogP contribution in [0.1, 0.15) is 0 Å². The molecule has 104 valence electrons. The zero-order valence-corrected chi connectivity index (χ0v) is 12.6. The molecule has 4 nitrogen and oxygen atoms in total. The predicted molar refractivity (Wildman–Crippen MR) is 84.5 cm³/mol. The highest BCUT2D eigenvalue weighted by Crippen LogP contribution is 2.32. The molecule has 0 unspecified atom stereocenters. The van der Waals surface area contributed by atoms with E-state index in [1.54, 1.807) is 18.5 Å². The van der Waals surface area contributed by atoms with Gasteiger partial charge in [-0.05, 0) is 24.3 Å². The summed E-state index contributed by atoms with van der Waals surface area (Å²) in [7, 11) is 0. The standard InChI is InChI=1S/C13H11Cl2N3OS/c14-8-5-10(15)13(11(16)6-8)18-12(19)7-20-9-1-3-17-4-2-9/h1-6H,7,16H2,(H,18,19). The van der Waals surface area contributed by atoms with Gasteiger partial charge < -0.3 is 11.1 Å². The number of benzene rings is 1. The fraction of sp³-hybridized carbons (Fsp3) is 0.0769. The van der Waals surface area contributed by atoms with Gasteiger partial charge in [-0.2, -0.15) is 0 Å². The monoisotopic (exact) mass is 327 g/mol. The minimum atomic E-state index is -0.192. The fourth-order valence-corrected chi connectivity index (χ4v) is 2.72. The van der Waals surface area contributed by atoms with Crippen molar-refractivity contribution in [2.75, 3.05) is 16.8 Å². The molecule has 0 saturated heterocycles. The van der Waals surface area contributed by atoms with Crippen molar-refractivity contribution in [2.45, 2.75) is 4.90 Å². The van der Waals surface area contributed by atoms with Crippen LogP contribution in [0.2, 0.25) is 10.0 Å². The van der Waals surface area contributed by atoms with Crippen LogP contribution >= 0.6 is 35.0 Å². The maximum absolute atomic E-state index is 11.9. The highest BCUT2D eigenvalue weighted by Gasteiger charge is 2.11. The number of nitrogens with zero attached hydrogens (tertiary/aromatic N) is 1. The zero-order chi connectivity index (χ0) is 14.5. The third kappa shape index (κ3) is 4.03. The molecular formula is C13H11Cl2N3OS. The van der Waals surface area contributed by atoms with Crippen LogP contribution in [-0.2, 0) is 4.79 Å². The number of hydrogen-bond acceptors (Lipinski definition) is 4. The van der Waals surface area contributed by atoms with Crippen LogP contribution < -0.4 is 11.1 Å². The average molecular weight is 328 g/mol. The maximum Gasteiger partial charge on any atom is 0.234 e. The zero-order valence-electron chi connectivity index (χ0n) is 10.3. The van der Waals surface area contributed by atoms with E-state index in [0.29, 0.717) is 21.4 Å². The Hall–Kier alpha value is -1.43. The van der Waals surface area contributed by atoms with E-state index >= 15 is 0 Å². The quantitative estimate of drug-likeness (QED) is 0.663. The van der Waals surface area contributed by atoms with E-state index in [-0.39, 0.29) is 11.7 Å². The van der Waals surface area contributed by atoms with E-state index in [4.69, 9.17) is 28.9 Å². The van der Waals surface area contributed by atoms with Crippen LogP contribution in [0.25, 0.3) is 0 Å². The molecule has 0 radical (unpaired) electrons. The normalized spacial score (nSPS) is 10.3. The number of rotatable bonds is 4. The number of anilines is 2. The lowest BCUT2D eigenvalue weighted by atomic mass is 10.2. The molecule has 1 aromatic heterocycles. The van der Waals surface area contributed by atoms with Gasteiger partial charge in [0.25, 0.3) is 0 Å². The number of halogens is 2. The van der Waals surface area contributed by atoms with Crippen LogP contribution in [0.3, 0.4) is 0 Å². The van der Waals surface area contributed by atoms with E-state index in [1.165, 1.54) is 17.8 Å². The Morgan fingerprint density at radius 2 is 2.00 bits per heavy atom. The van der Waals surface area contributed by atoms with Gasteiger partial charge in [-0.25, -0.2) is 0 Å². The summed E-state index contributed by atoms with van der Waals surface area (Å²) in [6.07, 6.45) is 3.35. The lowest BCUT2D eigenvalue weighted by molar-refractivity contribution is -0.113. The number of thioether (sulfide) groups is 1. The molecule has 0 aliphatic carbocycles. The second-order valence-corrected chi connectivity index (χ2v) is 5.76. The van der Waals surface area contributed by atoms with E-state index in [2.05, 4.69) is 10.3 Å². The highest BCUT2D eigenvalue weighted by atomic mass is 35.5. The summed E-state index contributed by atoms with van der Waals surface area (Å²) in [4.78, 5) is 16.8.